The molecule has 1 aliphatic rings. The standard InChI is InChI=1S/C15H18N2O2/c1-12-4-2-3-5-13(12)6-7-15(19)17-10-8-14(18)16-9-11-17/h2-7H,8-11H2,1H3,(H,16,18)/b7-6+. The molecule has 2 amide bonds. The molecule has 1 fully saturated rings. The molecule has 4 heteroatoms. The minimum atomic E-state index is -0.0419. The maximum absolute atomic E-state index is 12.0. The first-order valence-corrected chi connectivity index (χ1v) is 6.46. The lowest BCUT2D eigenvalue weighted by molar-refractivity contribution is -0.125. The Morgan fingerprint density at radius 1 is 1.32 bits per heavy atom. The van der Waals surface area contributed by atoms with Crippen LogP contribution < -0.4 is 5.32 Å². The molecule has 100 valence electrons. The van der Waals surface area contributed by atoms with Gasteiger partial charge in [0.1, 0.15) is 0 Å². The number of hydrogen-bond donors (Lipinski definition) is 1. The first-order chi connectivity index (χ1) is 9.16. The van der Waals surface area contributed by atoms with Crippen molar-refractivity contribution in [3.05, 3.63) is 41.5 Å². The van der Waals surface area contributed by atoms with E-state index in [0.29, 0.717) is 26.1 Å². The van der Waals surface area contributed by atoms with Crippen molar-refractivity contribution in [2.75, 3.05) is 19.6 Å². The zero-order valence-corrected chi connectivity index (χ0v) is 11.1. The third-order valence-electron chi connectivity index (χ3n) is 3.22. The van der Waals surface area contributed by atoms with Crippen LogP contribution in [0.15, 0.2) is 30.3 Å². The van der Waals surface area contributed by atoms with Gasteiger partial charge in [-0.1, -0.05) is 24.3 Å². The average Bonchev–Trinajstić information content (AvgIpc) is 2.62. The zero-order valence-electron chi connectivity index (χ0n) is 11.1. The van der Waals surface area contributed by atoms with E-state index in [-0.39, 0.29) is 11.8 Å². The Morgan fingerprint density at radius 2 is 2.11 bits per heavy atom. The molecular weight excluding hydrogens is 240 g/mol. The molecule has 0 spiro atoms. The Hall–Kier alpha value is -2.10. The summed E-state index contributed by atoms with van der Waals surface area (Å²) in [5.41, 5.74) is 2.18. The molecule has 0 aromatic heterocycles. The summed E-state index contributed by atoms with van der Waals surface area (Å²) in [7, 11) is 0. The van der Waals surface area contributed by atoms with Crippen LogP contribution in [0, 0.1) is 6.92 Å². The van der Waals surface area contributed by atoms with Crippen molar-refractivity contribution < 1.29 is 9.59 Å². The van der Waals surface area contributed by atoms with E-state index in [1.807, 2.05) is 37.3 Å². The van der Waals surface area contributed by atoms with Crippen molar-refractivity contribution in [2.24, 2.45) is 0 Å². The van der Waals surface area contributed by atoms with E-state index in [9.17, 15) is 9.59 Å². The number of amides is 2. The molecular formula is C15H18N2O2. The predicted molar refractivity (Wildman–Crippen MR) is 74.4 cm³/mol. The summed E-state index contributed by atoms with van der Waals surface area (Å²) in [4.78, 5) is 25.0. The van der Waals surface area contributed by atoms with Gasteiger partial charge in [-0.05, 0) is 24.1 Å². The summed E-state index contributed by atoms with van der Waals surface area (Å²) in [6.07, 6.45) is 3.79. The number of aryl methyl sites for hydroxylation is 1. The predicted octanol–water partition coefficient (Wildman–Crippen LogP) is 1.36. The fourth-order valence-corrected chi connectivity index (χ4v) is 2.03. The quantitative estimate of drug-likeness (QED) is 0.814. The van der Waals surface area contributed by atoms with Crippen LogP contribution in [0.2, 0.25) is 0 Å². The molecule has 0 unspecified atom stereocenters. The smallest absolute Gasteiger partial charge is 0.246 e. The second-order valence-electron chi connectivity index (χ2n) is 4.62. The van der Waals surface area contributed by atoms with E-state index >= 15 is 0 Å². The average molecular weight is 258 g/mol. The molecule has 1 N–H and O–H groups in total. The highest BCUT2D eigenvalue weighted by Crippen LogP contribution is 2.09. The van der Waals surface area contributed by atoms with Crippen molar-refractivity contribution in [3.8, 4) is 0 Å². The first kappa shape index (κ1) is 13.3. The summed E-state index contributed by atoms with van der Waals surface area (Å²) in [6.45, 7) is 3.60. The summed E-state index contributed by atoms with van der Waals surface area (Å²) in [5, 5.41) is 2.76. The van der Waals surface area contributed by atoms with Gasteiger partial charge in [0.25, 0.3) is 0 Å². The van der Waals surface area contributed by atoms with Gasteiger partial charge in [0.2, 0.25) is 11.8 Å². The molecule has 1 aromatic rings. The van der Waals surface area contributed by atoms with Gasteiger partial charge in [-0.3, -0.25) is 9.59 Å². The van der Waals surface area contributed by atoms with Gasteiger partial charge < -0.3 is 10.2 Å². The van der Waals surface area contributed by atoms with Crippen molar-refractivity contribution in [2.45, 2.75) is 13.3 Å². The summed E-state index contributed by atoms with van der Waals surface area (Å²) < 4.78 is 0. The monoisotopic (exact) mass is 258 g/mol. The van der Waals surface area contributed by atoms with Crippen molar-refractivity contribution in [1.82, 2.24) is 10.2 Å². The number of nitrogens with zero attached hydrogens (tertiary/aromatic N) is 1. The Labute approximate surface area is 113 Å². The molecule has 19 heavy (non-hydrogen) atoms. The maximum Gasteiger partial charge on any atom is 0.246 e. The van der Waals surface area contributed by atoms with Gasteiger partial charge in [0, 0.05) is 32.1 Å². The molecule has 0 radical (unpaired) electrons. The van der Waals surface area contributed by atoms with Gasteiger partial charge in [-0.15, -0.1) is 0 Å². The molecule has 0 bridgehead atoms. The highest BCUT2D eigenvalue weighted by atomic mass is 16.2. The lowest BCUT2D eigenvalue weighted by Crippen LogP contribution is -2.32. The van der Waals surface area contributed by atoms with Crippen molar-refractivity contribution in [1.29, 1.82) is 0 Å². The van der Waals surface area contributed by atoms with Gasteiger partial charge in [-0.2, -0.15) is 0 Å². The van der Waals surface area contributed by atoms with Gasteiger partial charge in [0.15, 0.2) is 0 Å². The van der Waals surface area contributed by atoms with E-state index < -0.39 is 0 Å². The fraction of sp³-hybridized carbons (Fsp3) is 0.333. The van der Waals surface area contributed by atoms with Gasteiger partial charge in [-0.25, -0.2) is 0 Å². The van der Waals surface area contributed by atoms with Crippen LogP contribution in [0.25, 0.3) is 6.08 Å². The van der Waals surface area contributed by atoms with E-state index in [4.69, 9.17) is 0 Å². The number of carbonyl (C=O) groups excluding carboxylic acids is 2. The van der Waals surface area contributed by atoms with Gasteiger partial charge >= 0.3 is 0 Å². The van der Waals surface area contributed by atoms with Crippen molar-refractivity contribution >= 4 is 17.9 Å². The first-order valence-electron chi connectivity index (χ1n) is 6.46. The molecule has 1 aromatic carbocycles. The largest absolute Gasteiger partial charge is 0.354 e. The van der Waals surface area contributed by atoms with E-state index in [1.165, 1.54) is 0 Å². The molecule has 1 heterocycles. The second kappa shape index (κ2) is 6.18. The molecule has 1 aliphatic heterocycles. The topological polar surface area (TPSA) is 49.4 Å². The number of nitrogens with one attached hydrogen (secondary N) is 1. The molecule has 1 saturated heterocycles. The highest BCUT2D eigenvalue weighted by Gasteiger charge is 2.16. The SMILES string of the molecule is Cc1ccccc1/C=C/C(=O)N1CCNC(=O)CC1. The van der Waals surface area contributed by atoms with Crippen LogP contribution in [0.3, 0.4) is 0 Å². The summed E-state index contributed by atoms with van der Waals surface area (Å²) in [6, 6.07) is 7.91. The highest BCUT2D eigenvalue weighted by molar-refractivity contribution is 5.92. The van der Waals surface area contributed by atoms with Crippen LogP contribution in [0.5, 0.6) is 0 Å². The summed E-state index contributed by atoms with van der Waals surface area (Å²) in [5.74, 6) is -0.0297. The minimum absolute atomic E-state index is 0.0122. The Morgan fingerprint density at radius 3 is 2.89 bits per heavy atom. The fourth-order valence-electron chi connectivity index (χ4n) is 2.03. The normalized spacial score (nSPS) is 16.3. The van der Waals surface area contributed by atoms with E-state index in [2.05, 4.69) is 5.32 Å². The molecule has 0 aliphatic carbocycles. The third kappa shape index (κ3) is 3.68. The summed E-state index contributed by atoms with van der Waals surface area (Å²) >= 11 is 0. The third-order valence-corrected chi connectivity index (χ3v) is 3.22. The number of hydrogen-bond acceptors (Lipinski definition) is 2. The zero-order chi connectivity index (χ0) is 13.7. The van der Waals surface area contributed by atoms with Gasteiger partial charge in [0.05, 0.1) is 0 Å². The Balaban J connectivity index is 2.00. The van der Waals surface area contributed by atoms with Crippen LogP contribution >= 0.6 is 0 Å². The minimum Gasteiger partial charge on any atom is -0.354 e. The number of benzene rings is 1. The van der Waals surface area contributed by atoms with Crippen LogP contribution in [0.1, 0.15) is 17.5 Å². The van der Waals surface area contributed by atoms with E-state index in [0.717, 1.165) is 11.1 Å². The lowest BCUT2D eigenvalue weighted by Gasteiger charge is -2.17. The van der Waals surface area contributed by atoms with Crippen LogP contribution in [0.4, 0.5) is 0 Å². The molecule has 4 nitrogen and oxygen atoms in total. The second-order valence-corrected chi connectivity index (χ2v) is 4.62. The van der Waals surface area contributed by atoms with E-state index in [1.54, 1.807) is 11.0 Å². The molecule has 0 atom stereocenters. The molecule has 2 rings (SSSR count). The number of carbonyl (C=O) groups is 2. The lowest BCUT2D eigenvalue weighted by atomic mass is 10.1. The Kier molecular flexibility index (Phi) is 4.34. The van der Waals surface area contributed by atoms with Crippen LogP contribution in [-0.2, 0) is 9.59 Å². The molecule has 0 saturated carbocycles. The Bertz CT molecular complexity index is 509. The van der Waals surface area contributed by atoms with Crippen LogP contribution in [-0.4, -0.2) is 36.3 Å². The van der Waals surface area contributed by atoms with Crippen molar-refractivity contribution in [3.63, 3.8) is 0 Å². The number of rotatable bonds is 2. The maximum atomic E-state index is 12.0.